The molecule has 138 valence electrons. The topological polar surface area (TPSA) is 66.5 Å². The van der Waals surface area contributed by atoms with Crippen molar-refractivity contribution >= 4 is 0 Å². The van der Waals surface area contributed by atoms with E-state index in [1.165, 1.54) is 70.6 Å². The molecule has 3 nitrogen and oxygen atoms in total. The lowest BCUT2D eigenvalue weighted by Crippen LogP contribution is -2.36. The van der Waals surface area contributed by atoms with Gasteiger partial charge in [0.2, 0.25) is 0 Å². The van der Waals surface area contributed by atoms with E-state index in [4.69, 9.17) is 10.8 Å². The lowest BCUT2D eigenvalue weighted by molar-refractivity contribution is 0.157. The van der Waals surface area contributed by atoms with Crippen molar-refractivity contribution < 1.29 is 10.2 Å². The van der Waals surface area contributed by atoms with Gasteiger partial charge in [-0.25, -0.2) is 0 Å². The average molecular weight is 328 g/mol. The average Bonchev–Trinajstić information content (AvgIpc) is 2.55. The van der Waals surface area contributed by atoms with Crippen molar-refractivity contribution in [3.8, 4) is 0 Å². The fraction of sp³-hybridized carbons (Fsp3) is 0.900. The van der Waals surface area contributed by atoms with Crippen LogP contribution in [0.2, 0.25) is 0 Å². The fourth-order valence-electron chi connectivity index (χ4n) is 2.90. The molecule has 4 N–H and O–H groups in total. The number of rotatable bonds is 16. The van der Waals surface area contributed by atoms with Crippen LogP contribution in [0.3, 0.4) is 0 Å². The van der Waals surface area contributed by atoms with Crippen molar-refractivity contribution in [3.63, 3.8) is 0 Å². The van der Waals surface area contributed by atoms with Gasteiger partial charge in [-0.05, 0) is 31.8 Å². The maximum Gasteiger partial charge on any atom is 0.0899 e. The summed E-state index contributed by atoms with van der Waals surface area (Å²) in [6.07, 6.45) is 17.9. The predicted molar refractivity (Wildman–Crippen MR) is 101 cm³/mol. The Kier molecular flexibility index (Phi) is 16.2. The Bertz CT molecular complexity index is 279. The van der Waals surface area contributed by atoms with Crippen molar-refractivity contribution in [3.05, 3.63) is 11.6 Å². The zero-order valence-electron chi connectivity index (χ0n) is 15.6. The third-order valence-electron chi connectivity index (χ3n) is 4.61. The van der Waals surface area contributed by atoms with Crippen LogP contribution < -0.4 is 5.73 Å². The van der Waals surface area contributed by atoms with Gasteiger partial charge in [-0.2, -0.15) is 0 Å². The summed E-state index contributed by atoms with van der Waals surface area (Å²) in [6, 6.07) is -0.353. The van der Waals surface area contributed by atoms with E-state index in [9.17, 15) is 5.11 Å². The molecule has 0 aliphatic heterocycles. The minimum atomic E-state index is -0.616. The van der Waals surface area contributed by atoms with Crippen molar-refractivity contribution in [1.82, 2.24) is 0 Å². The molecule has 0 aliphatic rings. The smallest absolute Gasteiger partial charge is 0.0899 e. The number of allylic oxidation sites excluding steroid dienone is 1. The summed E-state index contributed by atoms with van der Waals surface area (Å²) in [4.78, 5) is 0. The van der Waals surface area contributed by atoms with Gasteiger partial charge in [0.25, 0.3) is 0 Å². The zero-order valence-corrected chi connectivity index (χ0v) is 15.6. The Balaban J connectivity index is 3.45. The van der Waals surface area contributed by atoms with E-state index in [0.717, 1.165) is 12.0 Å². The molecule has 0 radical (unpaired) electrons. The highest BCUT2D eigenvalue weighted by Crippen LogP contribution is 2.13. The van der Waals surface area contributed by atoms with Crippen LogP contribution in [0.1, 0.15) is 97.3 Å². The third-order valence-corrected chi connectivity index (χ3v) is 4.61. The van der Waals surface area contributed by atoms with Crippen molar-refractivity contribution in [2.45, 2.75) is 109 Å². The molecule has 0 aliphatic carbocycles. The van der Waals surface area contributed by atoms with Gasteiger partial charge >= 0.3 is 0 Å². The fourth-order valence-corrected chi connectivity index (χ4v) is 2.90. The van der Waals surface area contributed by atoms with E-state index >= 15 is 0 Å². The first-order valence-corrected chi connectivity index (χ1v) is 9.84. The molecule has 0 saturated heterocycles. The molecule has 0 saturated carbocycles. The molecule has 0 aromatic rings. The molecule has 0 aromatic heterocycles. The number of aliphatic hydroxyl groups excluding tert-OH is 2. The van der Waals surface area contributed by atoms with Crippen molar-refractivity contribution in [1.29, 1.82) is 0 Å². The molecule has 0 unspecified atom stereocenters. The van der Waals surface area contributed by atoms with Crippen LogP contribution in [0.4, 0.5) is 0 Å². The molecular formula is C20H41NO2. The Morgan fingerprint density at radius 1 is 0.913 bits per heavy atom. The maximum atomic E-state index is 9.99. The number of hydrogen-bond donors (Lipinski definition) is 3. The van der Waals surface area contributed by atoms with Crippen LogP contribution in [0.5, 0.6) is 0 Å². The van der Waals surface area contributed by atoms with Gasteiger partial charge in [0, 0.05) is 12.6 Å². The molecule has 0 aromatic carbocycles. The molecule has 0 bridgehead atoms. The van der Waals surface area contributed by atoms with Crippen LogP contribution in [0, 0.1) is 0 Å². The highest BCUT2D eigenvalue weighted by atomic mass is 16.3. The second kappa shape index (κ2) is 16.5. The molecule has 23 heavy (non-hydrogen) atoms. The largest absolute Gasteiger partial charge is 0.396 e. The van der Waals surface area contributed by atoms with Gasteiger partial charge in [-0.1, -0.05) is 77.2 Å². The Labute approximate surface area is 144 Å². The lowest BCUT2D eigenvalue weighted by Gasteiger charge is -2.18. The van der Waals surface area contributed by atoms with Gasteiger partial charge in [-0.3, -0.25) is 0 Å². The Morgan fingerprint density at radius 2 is 1.39 bits per heavy atom. The number of nitrogens with two attached hydrogens (primary N) is 1. The number of aliphatic hydroxyl groups is 2. The van der Waals surface area contributed by atoms with E-state index < -0.39 is 6.10 Å². The summed E-state index contributed by atoms with van der Waals surface area (Å²) >= 11 is 0. The van der Waals surface area contributed by atoms with E-state index in [-0.39, 0.29) is 12.6 Å². The first-order chi connectivity index (χ1) is 11.1. The maximum absolute atomic E-state index is 9.99. The summed E-state index contributed by atoms with van der Waals surface area (Å²) in [5.41, 5.74) is 6.76. The van der Waals surface area contributed by atoms with Crippen LogP contribution >= 0.6 is 0 Å². The summed E-state index contributed by atoms with van der Waals surface area (Å²) in [7, 11) is 0. The molecule has 0 heterocycles. The first-order valence-electron chi connectivity index (χ1n) is 9.84. The zero-order chi connectivity index (χ0) is 17.3. The monoisotopic (exact) mass is 327 g/mol. The molecule has 0 amide bonds. The minimum Gasteiger partial charge on any atom is -0.396 e. The second-order valence-corrected chi connectivity index (χ2v) is 6.89. The summed E-state index contributed by atoms with van der Waals surface area (Å²) in [5, 5.41) is 18.8. The van der Waals surface area contributed by atoms with Crippen LogP contribution in [0.25, 0.3) is 0 Å². The van der Waals surface area contributed by atoms with E-state index in [2.05, 4.69) is 13.0 Å². The Hall–Kier alpha value is -0.380. The standard InChI is InChI=1S/C20H41NO2/c1-3-4-5-6-7-8-9-10-11-12-13-14-15-18(2)20(23)19(21)16-17-22/h15,19-20,22-23H,3-14,16-17,21H2,1-2H3/t19-,20+/m1/s1. The van der Waals surface area contributed by atoms with E-state index in [1.54, 1.807) is 0 Å². The molecule has 2 atom stereocenters. The number of unbranched alkanes of at least 4 members (excludes halogenated alkanes) is 11. The first kappa shape index (κ1) is 22.6. The van der Waals surface area contributed by atoms with E-state index in [0.29, 0.717) is 6.42 Å². The van der Waals surface area contributed by atoms with Gasteiger partial charge in [-0.15, -0.1) is 0 Å². The summed E-state index contributed by atoms with van der Waals surface area (Å²) in [6.45, 7) is 4.23. The van der Waals surface area contributed by atoms with Crippen molar-refractivity contribution in [2.75, 3.05) is 6.61 Å². The van der Waals surface area contributed by atoms with Crippen LogP contribution in [-0.2, 0) is 0 Å². The van der Waals surface area contributed by atoms with Crippen LogP contribution in [0.15, 0.2) is 11.6 Å². The van der Waals surface area contributed by atoms with Gasteiger partial charge in [0.05, 0.1) is 6.10 Å². The molecule has 0 fully saturated rings. The SMILES string of the molecule is CCCCCCCCCCCCCC=C(C)[C@H](O)[C@H](N)CCO. The minimum absolute atomic E-state index is 0.0319. The Morgan fingerprint density at radius 3 is 1.87 bits per heavy atom. The van der Waals surface area contributed by atoms with Gasteiger partial charge < -0.3 is 15.9 Å². The molecule has 0 rings (SSSR count). The highest BCUT2D eigenvalue weighted by Gasteiger charge is 2.15. The highest BCUT2D eigenvalue weighted by molar-refractivity contribution is 5.07. The molecule has 0 spiro atoms. The third kappa shape index (κ3) is 13.7. The van der Waals surface area contributed by atoms with Gasteiger partial charge in [0.1, 0.15) is 0 Å². The summed E-state index contributed by atoms with van der Waals surface area (Å²) < 4.78 is 0. The van der Waals surface area contributed by atoms with Gasteiger partial charge in [0.15, 0.2) is 0 Å². The second-order valence-electron chi connectivity index (χ2n) is 6.89. The van der Waals surface area contributed by atoms with Crippen LogP contribution in [-0.4, -0.2) is 29.0 Å². The lowest BCUT2D eigenvalue weighted by atomic mass is 10.00. The van der Waals surface area contributed by atoms with Crippen molar-refractivity contribution in [2.24, 2.45) is 5.73 Å². The quantitative estimate of drug-likeness (QED) is 0.284. The molecular weight excluding hydrogens is 286 g/mol. The normalized spacial score (nSPS) is 14.9. The number of hydrogen-bond acceptors (Lipinski definition) is 3. The predicted octanol–water partition coefficient (Wildman–Crippen LogP) is 4.70. The van der Waals surface area contributed by atoms with E-state index in [1.807, 2.05) is 6.92 Å². The molecule has 3 heteroatoms. The summed E-state index contributed by atoms with van der Waals surface area (Å²) in [5.74, 6) is 0.